The van der Waals surface area contributed by atoms with Gasteiger partial charge in [0.1, 0.15) is 17.0 Å². The molecule has 0 aromatic heterocycles. The monoisotopic (exact) mass is 495 g/mol. The molecule has 3 rings (SSSR count). The van der Waals surface area contributed by atoms with E-state index in [2.05, 4.69) is 19.6 Å². The summed E-state index contributed by atoms with van der Waals surface area (Å²) in [6.45, 7) is 14.7. The van der Waals surface area contributed by atoms with Crippen LogP contribution in [0.3, 0.4) is 0 Å². The minimum Gasteiger partial charge on any atom is -0.597 e. The highest BCUT2D eigenvalue weighted by Gasteiger charge is 2.54. The van der Waals surface area contributed by atoms with Gasteiger partial charge in [0.2, 0.25) is 0 Å². The molecule has 1 aromatic carbocycles. The Labute approximate surface area is 203 Å². The van der Waals surface area contributed by atoms with E-state index in [4.69, 9.17) is 9.47 Å². The van der Waals surface area contributed by atoms with Crippen LogP contribution in [0, 0.1) is 5.92 Å². The number of rotatable bonds is 11. The molecule has 33 heavy (non-hydrogen) atoms. The fraction of sp³-hybridized carbons (Fsp3) is 0.720. The minimum absolute atomic E-state index is 0.221. The van der Waals surface area contributed by atoms with E-state index in [1.165, 1.54) is 0 Å². The van der Waals surface area contributed by atoms with E-state index in [9.17, 15) is 14.5 Å². The number of carboxylic acid groups (broad SMARTS) is 1. The van der Waals surface area contributed by atoms with Gasteiger partial charge in [-0.15, -0.1) is 0 Å². The first-order chi connectivity index (χ1) is 15.3. The van der Waals surface area contributed by atoms with E-state index in [1.54, 1.807) is 0 Å². The summed E-state index contributed by atoms with van der Waals surface area (Å²) in [5.74, 6) is -0.981. The zero-order valence-corrected chi connectivity index (χ0v) is 22.9. The first-order valence-electron chi connectivity index (χ1n) is 12.0. The van der Waals surface area contributed by atoms with E-state index < -0.39 is 41.6 Å². The van der Waals surface area contributed by atoms with Gasteiger partial charge in [-0.05, 0) is 56.7 Å². The van der Waals surface area contributed by atoms with Crippen molar-refractivity contribution in [3.63, 3.8) is 0 Å². The van der Waals surface area contributed by atoms with Crippen LogP contribution in [-0.4, -0.2) is 59.3 Å². The predicted molar refractivity (Wildman–Crippen MR) is 135 cm³/mol. The molecular formula is C25H41NO5SSi. The number of ether oxygens (including phenoxy) is 2. The number of hydrogen-bond acceptors (Lipinski definition) is 5. The van der Waals surface area contributed by atoms with Crippen molar-refractivity contribution in [1.82, 2.24) is 4.31 Å². The Morgan fingerprint density at radius 1 is 1.27 bits per heavy atom. The quantitative estimate of drug-likeness (QED) is 0.202. The van der Waals surface area contributed by atoms with Gasteiger partial charge in [-0.25, -0.2) is 0 Å². The molecule has 1 aliphatic carbocycles. The van der Waals surface area contributed by atoms with Crippen LogP contribution in [0.25, 0.3) is 0 Å². The number of nitrogens with zero attached hydrogens (tertiary/aromatic N) is 1. The molecule has 0 bridgehead atoms. The normalized spacial score (nSPS) is 20.7. The first kappa shape index (κ1) is 26.7. The van der Waals surface area contributed by atoms with E-state index in [0.29, 0.717) is 19.8 Å². The summed E-state index contributed by atoms with van der Waals surface area (Å²) in [6, 6.07) is 8.94. The molecule has 8 heteroatoms. The second kappa shape index (κ2) is 10.4. The van der Waals surface area contributed by atoms with E-state index in [1.807, 2.05) is 49.3 Å². The van der Waals surface area contributed by atoms with Crippen molar-refractivity contribution < 1.29 is 23.9 Å². The minimum atomic E-state index is -1.29. The standard InChI is InChI=1S/C25H41NO5SSi/c1-24(2,3)32(29)26(18-30-14-15-33(4,5)6)25(16-31-17-25)21-12-10-20(11-13-21)22(23(27)28)19-8-7-9-19/h10-13,19,22H,7-9,14-18H2,1-6H3,(H,27,28). The van der Waals surface area contributed by atoms with Crippen molar-refractivity contribution >= 4 is 25.4 Å². The van der Waals surface area contributed by atoms with E-state index in [0.717, 1.165) is 36.4 Å². The SMILES string of the molecule is CC(C)(C)[S+]([O-])N(COCC[Si](C)(C)C)C1(c2ccc(C(C(=O)O)C3CCC3)cc2)COC1. The molecule has 186 valence electrons. The smallest absolute Gasteiger partial charge is 0.311 e. The molecule has 2 aliphatic rings. The third kappa shape index (κ3) is 6.21. The molecule has 2 atom stereocenters. The van der Waals surface area contributed by atoms with Crippen molar-refractivity contribution in [2.24, 2.45) is 5.92 Å². The summed E-state index contributed by atoms with van der Waals surface area (Å²) in [7, 11) is -1.22. The maximum absolute atomic E-state index is 13.6. The molecule has 1 aliphatic heterocycles. The molecular weight excluding hydrogens is 454 g/mol. The van der Waals surface area contributed by atoms with Crippen molar-refractivity contribution in [2.75, 3.05) is 26.6 Å². The lowest BCUT2D eigenvalue weighted by Gasteiger charge is -2.50. The van der Waals surface area contributed by atoms with Crippen LogP contribution < -0.4 is 0 Å². The molecule has 2 unspecified atom stereocenters. The molecule has 1 N–H and O–H groups in total. The van der Waals surface area contributed by atoms with Crippen LogP contribution in [0.4, 0.5) is 0 Å². The summed E-state index contributed by atoms with van der Waals surface area (Å²) < 4.78 is 26.8. The molecule has 6 nitrogen and oxygen atoms in total. The lowest BCUT2D eigenvalue weighted by Crippen LogP contribution is -2.64. The molecule has 0 amide bonds. The predicted octanol–water partition coefficient (Wildman–Crippen LogP) is 4.96. The highest BCUT2D eigenvalue weighted by atomic mass is 32.2. The number of hydrogen-bond donors (Lipinski definition) is 1. The summed E-state index contributed by atoms with van der Waals surface area (Å²) in [5, 5.41) is 9.79. The van der Waals surface area contributed by atoms with E-state index >= 15 is 0 Å². The Kier molecular flexibility index (Phi) is 8.40. The van der Waals surface area contributed by atoms with Gasteiger partial charge >= 0.3 is 5.97 Å². The molecule has 1 aromatic rings. The summed E-state index contributed by atoms with van der Waals surface area (Å²) in [4.78, 5) is 11.9. The van der Waals surface area contributed by atoms with Gasteiger partial charge in [0.25, 0.3) is 0 Å². The number of carbonyl (C=O) groups is 1. The average Bonchev–Trinajstić information content (AvgIpc) is 2.63. The first-order valence-corrected chi connectivity index (χ1v) is 16.8. The number of carboxylic acids is 1. The molecule has 1 saturated heterocycles. The van der Waals surface area contributed by atoms with Crippen molar-refractivity contribution in [3.8, 4) is 0 Å². The number of benzene rings is 1. The highest BCUT2D eigenvalue weighted by Crippen LogP contribution is 2.43. The van der Waals surface area contributed by atoms with Crippen LogP contribution in [0.2, 0.25) is 25.7 Å². The maximum atomic E-state index is 13.6. The zero-order valence-electron chi connectivity index (χ0n) is 21.1. The molecule has 2 fully saturated rings. The topological polar surface area (TPSA) is 82.1 Å². The van der Waals surface area contributed by atoms with Crippen molar-refractivity contribution in [3.05, 3.63) is 35.4 Å². The van der Waals surface area contributed by atoms with Gasteiger partial charge in [-0.3, -0.25) is 4.79 Å². The zero-order chi connectivity index (χ0) is 24.4. The van der Waals surface area contributed by atoms with Gasteiger partial charge in [0, 0.05) is 26.0 Å². The van der Waals surface area contributed by atoms with Crippen LogP contribution in [0.15, 0.2) is 24.3 Å². The molecule has 0 radical (unpaired) electrons. The van der Waals surface area contributed by atoms with Gasteiger partial charge in [-0.2, -0.15) is 0 Å². The molecule has 1 heterocycles. The second-order valence-corrected chi connectivity index (χ2v) is 19.5. The maximum Gasteiger partial charge on any atom is 0.311 e. The fourth-order valence-electron chi connectivity index (χ4n) is 4.33. The summed E-state index contributed by atoms with van der Waals surface area (Å²) in [5.41, 5.74) is 1.31. The lowest BCUT2D eigenvalue weighted by atomic mass is 9.72. The fourth-order valence-corrected chi connectivity index (χ4v) is 6.44. The van der Waals surface area contributed by atoms with Gasteiger partial charge in [0.05, 0.1) is 19.1 Å². The van der Waals surface area contributed by atoms with Crippen LogP contribution in [0.1, 0.15) is 57.1 Å². The van der Waals surface area contributed by atoms with Crippen LogP contribution >= 0.6 is 0 Å². The third-order valence-corrected chi connectivity index (χ3v) is 10.4. The Balaban J connectivity index is 1.83. The Morgan fingerprint density at radius 3 is 2.27 bits per heavy atom. The van der Waals surface area contributed by atoms with Gasteiger partial charge < -0.3 is 19.1 Å². The Bertz CT molecular complexity index is 797. The van der Waals surface area contributed by atoms with Crippen molar-refractivity contribution in [2.45, 2.75) is 81.9 Å². The Hall–Kier alpha value is -0.903. The Morgan fingerprint density at radius 2 is 1.88 bits per heavy atom. The lowest BCUT2D eigenvalue weighted by molar-refractivity contribution is -0.141. The third-order valence-electron chi connectivity index (χ3n) is 6.78. The van der Waals surface area contributed by atoms with E-state index in [-0.39, 0.29) is 12.6 Å². The largest absolute Gasteiger partial charge is 0.597 e. The summed E-state index contributed by atoms with van der Waals surface area (Å²) >= 11 is -1.29. The van der Waals surface area contributed by atoms with Crippen LogP contribution in [0.5, 0.6) is 0 Å². The number of aliphatic carboxylic acids is 1. The van der Waals surface area contributed by atoms with Gasteiger partial charge in [0.15, 0.2) is 0 Å². The van der Waals surface area contributed by atoms with Gasteiger partial charge in [-0.1, -0.05) is 54.6 Å². The van der Waals surface area contributed by atoms with Crippen molar-refractivity contribution in [1.29, 1.82) is 0 Å². The van der Waals surface area contributed by atoms with Crippen LogP contribution in [-0.2, 0) is 31.2 Å². The second-order valence-electron chi connectivity index (χ2n) is 11.7. The summed E-state index contributed by atoms with van der Waals surface area (Å²) in [6.07, 6.45) is 3.06. The molecule has 0 spiro atoms. The average molecular weight is 496 g/mol. The highest BCUT2D eigenvalue weighted by molar-refractivity contribution is 7.90. The molecule has 1 saturated carbocycles.